The van der Waals surface area contributed by atoms with E-state index < -0.39 is 0 Å². The van der Waals surface area contributed by atoms with Gasteiger partial charge in [0.2, 0.25) is 0 Å². The largest absolute Gasteiger partial charge is 0.431 e. The first kappa shape index (κ1) is 11.8. The number of carbonyl (C=O) groups is 1. The number of esters is 1. The van der Waals surface area contributed by atoms with E-state index in [1.807, 2.05) is 20.8 Å². The zero-order chi connectivity index (χ0) is 11.6. The number of hydrogen-bond acceptors (Lipinski definition) is 3. The van der Waals surface area contributed by atoms with Gasteiger partial charge in [-0.05, 0) is 18.9 Å². The van der Waals surface area contributed by atoms with Crippen LogP contribution >= 0.6 is 0 Å². The molecular formula is C12H17NO2. The zero-order valence-corrected chi connectivity index (χ0v) is 9.76. The van der Waals surface area contributed by atoms with Crippen LogP contribution in [-0.4, -0.2) is 5.97 Å². The topological polar surface area (TPSA) is 50.1 Å². The molecule has 0 bridgehead atoms. The average Bonchev–Trinajstić information content (AvgIpc) is 2.13. The van der Waals surface area contributed by atoms with Gasteiger partial charge in [-0.2, -0.15) is 5.26 Å². The van der Waals surface area contributed by atoms with E-state index in [1.165, 1.54) is 6.92 Å². The maximum absolute atomic E-state index is 10.9. The van der Waals surface area contributed by atoms with E-state index in [4.69, 9.17) is 10.00 Å². The highest BCUT2D eigenvalue weighted by Gasteiger charge is 2.37. The minimum absolute atomic E-state index is 0.0109. The molecule has 15 heavy (non-hydrogen) atoms. The first-order chi connectivity index (χ1) is 6.89. The van der Waals surface area contributed by atoms with Gasteiger partial charge in [-0.3, -0.25) is 4.79 Å². The van der Waals surface area contributed by atoms with Crippen molar-refractivity contribution < 1.29 is 9.53 Å². The van der Waals surface area contributed by atoms with Crippen molar-refractivity contribution in [3.63, 3.8) is 0 Å². The fraction of sp³-hybridized carbons (Fsp3) is 0.667. The van der Waals surface area contributed by atoms with E-state index in [9.17, 15) is 4.79 Å². The summed E-state index contributed by atoms with van der Waals surface area (Å²) in [6.45, 7) is 7.41. The Morgan fingerprint density at radius 1 is 1.60 bits per heavy atom. The van der Waals surface area contributed by atoms with Gasteiger partial charge < -0.3 is 4.74 Å². The Morgan fingerprint density at radius 2 is 2.20 bits per heavy atom. The average molecular weight is 207 g/mol. The van der Waals surface area contributed by atoms with E-state index in [2.05, 4.69) is 6.07 Å². The van der Waals surface area contributed by atoms with Gasteiger partial charge in [0, 0.05) is 18.8 Å². The minimum Gasteiger partial charge on any atom is -0.431 e. The first-order valence-electron chi connectivity index (χ1n) is 5.18. The monoisotopic (exact) mass is 207 g/mol. The summed E-state index contributed by atoms with van der Waals surface area (Å²) in [5.74, 6) is 0.478. The first-order valence-corrected chi connectivity index (χ1v) is 5.18. The molecule has 0 aromatic heterocycles. The van der Waals surface area contributed by atoms with Gasteiger partial charge >= 0.3 is 5.97 Å². The number of ether oxygens (including phenoxy) is 1. The maximum Gasteiger partial charge on any atom is 0.307 e. The SMILES string of the molecule is CC(=O)OC1=C(C)C(C)(C)[C@@H](C#N)CC1. The Hall–Kier alpha value is -1.30. The lowest BCUT2D eigenvalue weighted by molar-refractivity contribution is -0.137. The summed E-state index contributed by atoms with van der Waals surface area (Å²) in [4.78, 5) is 10.9. The molecule has 0 aromatic carbocycles. The second-order valence-corrected chi connectivity index (χ2v) is 4.58. The lowest BCUT2D eigenvalue weighted by Gasteiger charge is -2.36. The summed E-state index contributed by atoms with van der Waals surface area (Å²) < 4.78 is 5.16. The predicted octanol–water partition coefficient (Wildman–Crippen LogP) is 2.78. The summed E-state index contributed by atoms with van der Waals surface area (Å²) in [6.07, 6.45) is 1.45. The van der Waals surface area contributed by atoms with Crippen LogP contribution in [0.25, 0.3) is 0 Å². The molecule has 0 saturated carbocycles. The third-order valence-electron chi connectivity index (χ3n) is 3.34. The molecule has 0 radical (unpaired) electrons. The molecule has 1 atom stereocenters. The minimum atomic E-state index is -0.282. The van der Waals surface area contributed by atoms with E-state index in [1.54, 1.807) is 0 Å². The molecule has 0 heterocycles. The van der Waals surface area contributed by atoms with Crippen LogP contribution in [0.15, 0.2) is 11.3 Å². The van der Waals surface area contributed by atoms with Crippen molar-refractivity contribution in [2.24, 2.45) is 11.3 Å². The number of nitrogens with zero attached hydrogens (tertiary/aromatic N) is 1. The summed E-state index contributed by atoms with van der Waals surface area (Å²) in [6, 6.07) is 2.32. The highest BCUT2D eigenvalue weighted by molar-refractivity contribution is 5.67. The van der Waals surface area contributed by atoms with Gasteiger partial charge in [0.25, 0.3) is 0 Å². The number of nitriles is 1. The summed E-state index contributed by atoms with van der Waals surface area (Å²) in [5, 5.41) is 9.03. The van der Waals surface area contributed by atoms with Crippen LogP contribution in [0.3, 0.4) is 0 Å². The van der Waals surface area contributed by atoms with Gasteiger partial charge in [-0.1, -0.05) is 13.8 Å². The molecule has 0 aliphatic heterocycles. The van der Waals surface area contributed by atoms with Crippen molar-refractivity contribution in [2.45, 2.75) is 40.5 Å². The quantitative estimate of drug-likeness (QED) is 0.621. The molecule has 1 rings (SSSR count). The van der Waals surface area contributed by atoms with Crippen molar-refractivity contribution in [1.29, 1.82) is 5.26 Å². The van der Waals surface area contributed by atoms with Crippen molar-refractivity contribution in [3.8, 4) is 6.07 Å². The molecule has 1 aliphatic carbocycles. The lowest BCUT2D eigenvalue weighted by atomic mass is 9.68. The van der Waals surface area contributed by atoms with Crippen LogP contribution in [0, 0.1) is 22.7 Å². The van der Waals surface area contributed by atoms with Gasteiger partial charge in [0.15, 0.2) is 0 Å². The van der Waals surface area contributed by atoms with Gasteiger partial charge in [0.1, 0.15) is 5.76 Å². The number of rotatable bonds is 1. The summed E-state index contributed by atoms with van der Waals surface area (Å²) in [5.41, 5.74) is 0.827. The van der Waals surface area contributed by atoms with Crippen LogP contribution in [0.1, 0.15) is 40.5 Å². The Labute approximate surface area is 90.7 Å². The molecule has 1 aliphatic rings. The van der Waals surface area contributed by atoms with E-state index in [-0.39, 0.29) is 17.3 Å². The Bertz CT molecular complexity index is 347. The van der Waals surface area contributed by atoms with Crippen LogP contribution in [0.5, 0.6) is 0 Å². The normalized spacial score (nSPS) is 24.6. The second kappa shape index (κ2) is 4.06. The molecular weight excluding hydrogens is 190 g/mol. The maximum atomic E-state index is 10.9. The van der Waals surface area contributed by atoms with Gasteiger partial charge in [-0.25, -0.2) is 0 Å². The molecule has 0 unspecified atom stereocenters. The predicted molar refractivity (Wildman–Crippen MR) is 56.6 cm³/mol. The zero-order valence-electron chi connectivity index (χ0n) is 9.76. The van der Waals surface area contributed by atoms with Crippen LogP contribution in [0.2, 0.25) is 0 Å². The summed E-state index contributed by atoms with van der Waals surface area (Å²) in [7, 11) is 0. The molecule has 3 heteroatoms. The molecule has 0 fully saturated rings. The van der Waals surface area contributed by atoms with Crippen molar-refractivity contribution >= 4 is 5.97 Å². The van der Waals surface area contributed by atoms with E-state index in [0.717, 1.165) is 17.8 Å². The molecule has 82 valence electrons. The number of carbonyl (C=O) groups excluding carboxylic acids is 1. The molecule has 3 nitrogen and oxygen atoms in total. The smallest absolute Gasteiger partial charge is 0.307 e. The highest BCUT2D eigenvalue weighted by atomic mass is 16.5. The molecule has 0 spiro atoms. The van der Waals surface area contributed by atoms with Crippen LogP contribution < -0.4 is 0 Å². The number of hydrogen-bond donors (Lipinski definition) is 0. The van der Waals surface area contributed by atoms with E-state index >= 15 is 0 Å². The lowest BCUT2D eigenvalue weighted by Crippen LogP contribution is -2.30. The van der Waals surface area contributed by atoms with Crippen LogP contribution in [-0.2, 0) is 9.53 Å². The Morgan fingerprint density at radius 3 is 2.67 bits per heavy atom. The van der Waals surface area contributed by atoms with Crippen molar-refractivity contribution in [3.05, 3.63) is 11.3 Å². The Kier molecular flexibility index (Phi) is 3.18. The fourth-order valence-corrected chi connectivity index (χ4v) is 1.97. The molecule has 0 N–H and O–H groups in total. The molecule has 0 aromatic rings. The van der Waals surface area contributed by atoms with Crippen molar-refractivity contribution in [1.82, 2.24) is 0 Å². The fourth-order valence-electron chi connectivity index (χ4n) is 1.97. The molecule has 0 amide bonds. The second-order valence-electron chi connectivity index (χ2n) is 4.58. The van der Waals surface area contributed by atoms with Gasteiger partial charge in [0.05, 0.1) is 12.0 Å². The number of allylic oxidation sites excluding steroid dienone is 2. The Balaban J connectivity index is 3.01. The third-order valence-corrected chi connectivity index (χ3v) is 3.34. The van der Waals surface area contributed by atoms with Crippen molar-refractivity contribution in [2.75, 3.05) is 0 Å². The third kappa shape index (κ3) is 2.20. The van der Waals surface area contributed by atoms with Gasteiger partial charge in [-0.15, -0.1) is 0 Å². The summed E-state index contributed by atoms with van der Waals surface area (Å²) >= 11 is 0. The van der Waals surface area contributed by atoms with E-state index in [0.29, 0.717) is 6.42 Å². The standard InChI is InChI=1S/C12H17NO2/c1-8-11(15-9(2)14)6-5-10(7-13)12(8,3)4/h10H,5-6H2,1-4H3/t10-/m1/s1. The van der Waals surface area contributed by atoms with Crippen LogP contribution in [0.4, 0.5) is 0 Å². The highest BCUT2D eigenvalue weighted by Crippen LogP contribution is 2.44. The molecule has 0 saturated heterocycles.